The van der Waals surface area contributed by atoms with Gasteiger partial charge in [-0.2, -0.15) is 5.10 Å². The van der Waals surface area contributed by atoms with Crippen LogP contribution in [0.2, 0.25) is 0 Å². The Balaban J connectivity index is 1.12. The molecule has 8 nitrogen and oxygen atoms in total. The standard InChI is InChI=1S/C26H23F2N7O/c27-26(28)10-22(11-26)33-25(36)35-14-18-2-1-17(9-19(18)15-35)24-29-8-7-23(34-24)32-21-5-3-16(4-6-21)20-12-30-31-13-20/h1-9,12-13,22H,10-11,14-15H2,(H,30,31)(H,33,36)(H,29,32,34). The van der Waals surface area contributed by atoms with Gasteiger partial charge in [-0.25, -0.2) is 23.5 Å². The Bertz CT molecular complexity index is 1400. The first-order valence-electron chi connectivity index (χ1n) is 11.7. The van der Waals surface area contributed by atoms with Crippen LogP contribution in [-0.2, 0) is 13.1 Å². The molecule has 1 aliphatic carbocycles. The maximum atomic E-state index is 13.1. The van der Waals surface area contributed by atoms with E-state index in [0.717, 1.165) is 33.5 Å². The van der Waals surface area contributed by atoms with Crippen LogP contribution >= 0.6 is 0 Å². The van der Waals surface area contributed by atoms with Crippen LogP contribution in [0.3, 0.4) is 0 Å². The molecule has 3 N–H and O–H groups in total. The number of urea groups is 1. The molecule has 2 aliphatic rings. The Morgan fingerprint density at radius 3 is 2.53 bits per heavy atom. The van der Waals surface area contributed by atoms with Gasteiger partial charge in [-0.15, -0.1) is 0 Å². The predicted octanol–water partition coefficient (Wildman–Crippen LogP) is 5.10. The fraction of sp³-hybridized carbons (Fsp3) is 0.231. The molecule has 36 heavy (non-hydrogen) atoms. The molecule has 2 amide bonds. The summed E-state index contributed by atoms with van der Waals surface area (Å²) in [4.78, 5) is 23.2. The highest BCUT2D eigenvalue weighted by Crippen LogP contribution is 2.37. The molecule has 0 radical (unpaired) electrons. The van der Waals surface area contributed by atoms with E-state index in [0.29, 0.717) is 24.7 Å². The number of fused-ring (bicyclic) bond motifs is 1. The summed E-state index contributed by atoms with van der Waals surface area (Å²) < 4.78 is 26.1. The molecule has 3 heterocycles. The largest absolute Gasteiger partial charge is 0.340 e. The van der Waals surface area contributed by atoms with Crippen LogP contribution < -0.4 is 10.6 Å². The van der Waals surface area contributed by atoms with Crippen molar-refractivity contribution in [3.63, 3.8) is 0 Å². The number of halogens is 2. The Kier molecular flexibility index (Phi) is 5.36. The number of aromatic nitrogens is 4. The van der Waals surface area contributed by atoms with Crippen molar-refractivity contribution in [2.45, 2.75) is 37.9 Å². The molecule has 6 rings (SSSR count). The lowest BCUT2D eigenvalue weighted by molar-refractivity contribution is -0.0903. The predicted molar refractivity (Wildman–Crippen MR) is 131 cm³/mol. The van der Waals surface area contributed by atoms with Crippen molar-refractivity contribution >= 4 is 17.5 Å². The van der Waals surface area contributed by atoms with Gasteiger partial charge >= 0.3 is 6.03 Å². The number of carbonyl (C=O) groups excluding carboxylic acids is 1. The SMILES string of the molecule is O=C(NC1CC(F)(F)C1)N1Cc2ccc(-c3nccc(Nc4ccc(-c5cn[nH]c5)cc4)n3)cc2C1. The number of aromatic amines is 1. The molecule has 1 aliphatic heterocycles. The van der Waals surface area contributed by atoms with Crippen molar-refractivity contribution in [3.05, 3.63) is 78.2 Å². The summed E-state index contributed by atoms with van der Waals surface area (Å²) in [6.07, 6.45) is 4.74. The zero-order chi connectivity index (χ0) is 24.7. The van der Waals surface area contributed by atoms with Gasteiger partial charge in [0, 0.05) is 61.2 Å². The van der Waals surface area contributed by atoms with Gasteiger partial charge in [-0.3, -0.25) is 5.10 Å². The van der Waals surface area contributed by atoms with Crippen molar-refractivity contribution in [3.8, 4) is 22.5 Å². The van der Waals surface area contributed by atoms with Crippen LogP contribution in [0.25, 0.3) is 22.5 Å². The molecule has 0 unspecified atom stereocenters. The van der Waals surface area contributed by atoms with E-state index in [4.69, 9.17) is 0 Å². The van der Waals surface area contributed by atoms with E-state index in [-0.39, 0.29) is 18.9 Å². The van der Waals surface area contributed by atoms with Crippen LogP contribution in [0.1, 0.15) is 24.0 Å². The van der Waals surface area contributed by atoms with Crippen molar-refractivity contribution in [2.24, 2.45) is 0 Å². The second kappa shape index (κ2) is 8.71. The second-order valence-corrected chi connectivity index (χ2v) is 9.20. The van der Waals surface area contributed by atoms with E-state index in [1.165, 1.54) is 0 Å². The van der Waals surface area contributed by atoms with Gasteiger partial charge in [-0.05, 0) is 41.0 Å². The van der Waals surface area contributed by atoms with Gasteiger partial charge < -0.3 is 15.5 Å². The zero-order valence-corrected chi connectivity index (χ0v) is 19.2. The molecule has 0 bridgehead atoms. The molecule has 1 fully saturated rings. The average Bonchev–Trinajstić information content (AvgIpc) is 3.53. The monoisotopic (exact) mass is 487 g/mol. The molecule has 2 aromatic carbocycles. The number of amides is 2. The summed E-state index contributed by atoms with van der Waals surface area (Å²) in [7, 11) is 0. The van der Waals surface area contributed by atoms with Crippen LogP contribution in [-0.4, -0.2) is 43.1 Å². The normalized spacial score (nSPS) is 16.3. The van der Waals surface area contributed by atoms with Gasteiger partial charge in [0.1, 0.15) is 5.82 Å². The van der Waals surface area contributed by atoms with E-state index in [2.05, 4.69) is 30.8 Å². The van der Waals surface area contributed by atoms with Gasteiger partial charge in [0.05, 0.1) is 6.20 Å². The number of hydrogen-bond acceptors (Lipinski definition) is 5. The quantitative estimate of drug-likeness (QED) is 0.364. The first-order chi connectivity index (χ1) is 17.4. The van der Waals surface area contributed by atoms with Crippen molar-refractivity contribution in [1.29, 1.82) is 0 Å². The molecular formula is C26H23F2N7O. The highest BCUT2D eigenvalue weighted by molar-refractivity contribution is 5.76. The van der Waals surface area contributed by atoms with Gasteiger partial charge in [0.15, 0.2) is 5.82 Å². The summed E-state index contributed by atoms with van der Waals surface area (Å²) in [5.74, 6) is -1.43. The molecule has 2 aromatic heterocycles. The zero-order valence-electron chi connectivity index (χ0n) is 19.2. The van der Waals surface area contributed by atoms with Crippen LogP contribution in [0, 0.1) is 0 Å². The Morgan fingerprint density at radius 1 is 1.00 bits per heavy atom. The Morgan fingerprint density at radius 2 is 1.78 bits per heavy atom. The minimum Gasteiger partial charge on any atom is -0.340 e. The fourth-order valence-corrected chi connectivity index (χ4v) is 4.58. The van der Waals surface area contributed by atoms with Crippen molar-refractivity contribution in [1.82, 2.24) is 30.4 Å². The van der Waals surface area contributed by atoms with Crippen molar-refractivity contribution < 1.29 is 13.6 Å². The highest BCUT2D eigenvalue weighted by atomic mass is 19.3. The molecular weight excluding hydrogens is 464 g/mol. The lowest BCUT2D eigenvalue weighted by atomic mass is 9.88. The van der Waals surface area contributed by atoms with E-state index < -0.39 is 12.0 Å². The maximum Gasteiger partial charge on any atom is 0.318 e. The number of carbonyl (C=O) groups is 1. The lowest BCUT2D eigenvalue weighted by Crippen LogP contribution is -2.53. The average molecular weight is 488 g/mol. The summed E-state index contributed by atoms with van der Waals surface area (Å²) in [6.45, 7) is 0.862. The summed E-state index contributed by atoms with van der Waals surface area (Å²) >= 11 is 0. The number of alkyl halides is 2. The topological polar surface area (TPSA) is 98.8 Å². The van der Waals surface area contributed by atoms with Crippen LogP contribution in [0.15, 0.2) is 67.1 Å². The molecule has 182 valence electrons. The minimum atomic E-state index is -2.66. The molecule has 0 atom stereocenters. The minimum absolute atomic E-state index is 0.292. The van der Waals surface area contributed by atoms with E-state index in [9.17, 15) is 13.6 Å². The number of hydrogen-bond donors (Lipinski definition) is 3. The fourth-order valence-electron chi connectivity index (χ4n) is 4.58. The molecule has 10 heteroatoms. The summed E-state index contributed by atoms with van der Waals surface area (Å²) in [5.41, 5.74) is 5.84. The smallest absolute Gasteiger partial charge is 0.318 e. The molecule has 0 spiro atoms. The van der Waals surface area contributed by atoms with Gasteiger partial charge in [0.2, 0.25) is 0 Å². The highest BCUT2D eigenvalue weighted by Gasteiger charge is 2.46. The molecule has 1 saturated carbocycles. The Hall–Kier alpha value is -4.34. The second-order valence-electron chi connectivity index (χ2n) is 9.20. The third kappa shape index (κ3) is 4.49. The summed E-state index contributed by atoms with van der Waals surface area (Å²) in [5, 5.41) is 12.8. The van der Waals surface area contributed by atoms with Crippen LogP contribution in [0.5, 0.6) is 0 Å². The van der Waals surface area contributed by atoms with E-state index >= 15 is 0 Å². The van der Waals surface area contributed by atoms with E-state index in [1.54, 1.807) is 23.4 Å². The maximum absolute atomic E-state index is 13.1. The summed E-state index contributed by atoms with van der Waals surface area (Å²) in [6, 6.07) is 14.9. The van der Waals surface area contributed by atoms with E-state index in [1.807, 2.05) is 48.7 Å². The number of nitrogens with one attached hydrogen (secondary N) is 3. The number of H-pyrrole nitrogens is 1. The first kappa shape index (κ1) is 22.1. The van der Waals surface area contributed by atoms with Crippen LogP contribution in [0.4, 0.5) is 25.1 Å². The third-order valence-electron chi connectivity index (χ3n) is 6.54. The number of nitrogens with zero attached hydrogens (tertiary/aromatic N) is 4. The lowest BCUT2D eigenvalue weighted by Gasteiger charge is -2.36. The first-order valence-corrected chi connectivity index (χ1v) is 11.7. The molecule has 0 saturated heterocycles. The Labute approximate surface area is 205 Å². The number of benzene rings is 2. The number of anilines is 2. The van der Waals surface area contributed by atoms with Gasteiger partial charge in [-0.1, -0.05) is 24.3 Å². The van der Waals surface area contributed by atoms with Crippen molar-refractivity contribution in [2.75, 3.05) is 5.32 Å². The number of rotatable bonds is 5. The van der Waals surface area contributed by atoms with Gasteiger partial charge in [0.25, 0.3) is 5.92 Å². The molecule has 4 aromatic rings. The third-order valence-corrected chi connectivity index (χ3v) is 6.54.